The van der Waals surface area contributed by atoms with Crippen LogP contribution in [0.3, 0.4) is 0 Å². The molecule has 1 aromatic carbocycles. The molecule has 1 unspecified atom stereocenters. The number of hydrogen-bond acceptors (Lipinski definition) is 4. The first-order valence-electron chi connectivity index (χ1n) is 10.2. The number of piperidine rings is 1. The van der Waals surface area contributed by atoms with Gasteiger partial charge in [-0.05, 0) is 51.1 Å². The number of fused-ring (bicyclic) bond motifs is 1. The van der Waals surface area contributed by atoms with Crippen LogP contribution < -0.4 is 0 Å². The molecule has 1 atom stereocenters. The van der Waals surface area contributed by atoms with Crippen LogP contribution >= 0.6 is 0 Å². The van der Waals surface area contributed by atoms with Gasteiger partial charge < -0.3 is 9.80 Å². The fraction of sp³-hybridized carbons (Fsp3) is 0.545. The second-order valence-electron chi connectivity index (χ2n) is 8.14. The highest BCUT2D eigenvalue weighted by Crippen LogP contribution is 2.19. The summed E-state index contributed by atoms with van der Waals surface area (Å²) < 4.78 is 0. The largest absolute Gasteiger partial charge is 0.336 e. The molecule has 1 aromatic heterocycles. The van der Waals surface area contributed by atoms with Gasteiger partial charge in [0.2, 0.25) is 0 Å². The standard InChI is InChI=1S/C22H30N4O/c1-17-6-7-18-14-19(15-23-21(18)13-17)22(27)26-11-9-25(10-12-26)16-20-5-3-4-8-24(20)2/h6-7,13-15,20H,3-5,8-12,16H2,1-2H3. The zero-order valence-electron chi connectivity index (χ0n) is 16.5. The van der Waals surface area contributed by atoms with Crippen molar-refractivity contribution in [3.63, 3.8) is 0 Å². The molecule has 1 amide bonds. The van der Waals surface area contributed by atoms with E-state index in [0.29, 0.717) is 11.6 Å². The minimum Gasteiger partial charge on any atom is -0.336 e. The van der Waals surface area contributed by atoms with Crippen molar-refractivity contribution in [1.29, 1.82) is 0 Å². The van der Waals surface area contributed by atoms with Gasteiger partial charge in [0.05, 0.1) is 11.1 Å². The van der Waals surface area contributed by atoms with Crippen molar-refractivity contribution in [2.75, 3.05) is 46.3 Å². The van der Waals surface area contributed by atoms with Crippen LogP contribution in [0.2, 0.25) is 0 Å². The second kappa shape index (κ2) is 7.95. The molecule has 0 N–H and O–H groups in total. The van der Waals surface area contributed by atoms with E-state index in [2.05, 4.69) is 40.9 Å². The smallest absolute Gasteiger partial charge is 0.255 e. The van der Waals surface area contributed by atoms with E-state index in [-0.39, 0.29) is 5.91 Å². The van der Waals surface area contributed by atoms with E-state index in [1.165, 1.54) is 31.4 Å². The van der Waals surface area contributed by atoms with E-state index in [9.17, 15) is 4.79 Å². The molecule has 0 saturated carbocycles. The van der Waals surface area contributed by atoms with Crippen LogP contribution in [0.15, 0.2) is 30.5 Å². The number of likely N-dealkylation sites (N-methyl/N-ethyl adjacent to an activating group) is 1. The topological polar surface area (TPSA) is 39.7 Å². The lowest BCUT2D eigenvalue weighted by Crippen LogP contribution is -2.53. The molecular formula is C22H30N4O. The molecule has 0 spiro atoms. The van der Waals surface area contributed by atoms with E-state index in [4.69, 9.17) is 0 Å². The molecule has 5 nitrogen and oxygen atoms in total. The Morgan fingerprint density at radius 3 is 2.70 bits per heavy atom. The van der Waals surface area contributed by atoms with Gasteiger partial charge in [0, 0.05) is 50.3 Å². The average molecular weight is 367 g/mol. The Labute approximate surface area is 162 Å². The van der Waals surface area contributed by atoms with Gasteiger partial charge in [-0.2, -0.15) is 0 Å². The van der Waals surface area contributed by atoms with Crippen molar-refractivity contribution >= 4 is 16.8 Å². The zero-order chi connectivity index (χ0) is 18.8. The van der Waals surface area contributed by atoms with Crippen LogP contribution in [0.5, 0.6) is 0 Å². The first-order valence-corrected chi connectivity index (χ1v) is 10.2. The van der Waals surface area contributed by atoms with E-state index in [0.717, 1.165) is 43.6 Å². The SMILES string of the molecule is Cc1ccc2cc(C(=O)N3CCN(CC4CCCCN4C)CC3)cnc2c1. The quantitative estimate of drug-likeness (QED) is 0.837. The third-order valence-electron chi connectivity index (χ3n) is 6.14. The van der Waals surface area contributed by atoms with Crippen molar-refractivity contribution in [3.05, 3.63) is 41.6 Å². The van der Waals surface area contributed by atoms with E-state index in [1.807, 2.05) is 17.0 Å². The Morgan fingerprint density at radius 2 is 1.93 bits per heavy atom. The Hall–Kier alpha value is -1.98. The summed E-state index contributed by atoms with van der Waals surface area (Å²) in [5.41, 5.74) is 2.84. The number of aromatic nitrogens is 1. The molecule has 0 radical (unpaired) electrons. The fourth-order valence-electron chi connectivity index (χ4n) is 4.34. The van der Waals surface area contributed by atoms with Crippen LogP contribution in [0, 0.1) is 6.92 Å². The van der Waals surface area contributed by atoms with E-state index >= 15 is 0 Å². The molecule has 0 bridgehead atoms. The molecular weight excluding hydrogens is 336 g/mol. The second-order valence-corrected chi connectivity index (χ2v) is 8.14. The Balaban J connectivity index is 1.36. The van der Waals surface area contributed by atoms with Gasteiger partial charge in [0.25, 0.3) is 5.91 Å². The van der Waals surface area contributed by atoms with Crippen LogP contribution in [-0.2, 0) is 0 Å². The lowest BCUT2D eigenvalue weighted by molar-refractivity contribution is 0.0564. The predicted molar refractivity (Wildman–Crippen MR) is 109 cm³/mol. The maximum Gasteiger partial charge on any atom is 0.255 e. The van der Waals surface area contributed by atoms with Crippen molar-refractivity contribution < 1.29 is 4.79 Å². The van der Waals surface area contributed by atoms with E-state index in [1.54, 1.807) is 6.20 Å². The summed E-state index contributed by atoms with van der Waals surface area (Å²) in [5.74, 6) is 0.111. The number of pyridine rings is 1. The summed E-state index contributed by atoms with van der Waals surface area (Å²) >= 11 is 0. The molecule has 5 heteroatoms. The van der Waals surface area contributed by atoms with Crippen molar-refractivity contribution in [3.8, 4) is 0 Å². The molecule has 144 valence electrons. The molecule has 2 aliphatic heterocycles. The number of carbonyl (C=O) groups excluding carboxylic acids is 1. The van der Waals surface area contributed by atoms with Crippen molar-refractivity contribution in [1.82, 2.24) is 19.7 Å². The normalized spacial score (nSPS) is 22.3. The Morgan fingerprint density at radius 1 is 1.11 bits per heavy atom. The van der Waals surface area contributed by atoms with Gasteiger partial charge in [0.15, 0.2) is 0 Å². The van der Waals surface area contributed by atoms with Gasteiger partial charge in [-0.1, -0.05) is 18.6 Å². The van der Waals surface area contributed by atoms with Gasteiger partial charge in [0.1, 0.15) is 0 Å². The number of amides is 1. The number of rotatable bonds is 3. The van der Waals surface area contributed by atoms with Gasteiger partial charge in [-0.3, -0.25) is 14.7 Å². The molecule has 2 saturated heterocycles. The van der Waals surface area contributed by atoms with Gasteiger partial charge in [-0.25, -0.2) is 0 Å². The first kappa shape index (κ1) is 18.4. The minimum atomic E-state index is 0.111. The number of piperazine rings is 1. The number of likely N-dealkylation sites (tertiary alicyclic amines) is 1. The highest BCUT2D eigenvalue weighted by Gasteiger charge is 2.26. The third kappa shape index (κ3) is 4.14. The predicted octanol–water partition coefficient (Wildman–Crippen LogP) is 2.79. The summed E-state index contributed by atoms with van der Waals surface area (Å²) in [6.07, 6.45) is 5.71. The van der Waals surface area contributed by atoms with Gasteiger partial charge >= 0.3 is 0 Å². The molecule has 4 rings (SSSR count). The van der Waals surface area contributed by atoms with E-state index < -0.39 is 0 Å². The van der Waals surface area contributed by atoms with Gasteiger partial charge in [-0.15, -0.1) is 0 Å². The Kier molecular flexibility index (Phi) is 5.41. The lowest BCUT2D eigenvalue weighted by atomic mass is 10.0. The highest BCUT2D eigenvalue weighted by molar-refractivity contribution is 5.97. The molecule has 2 fully saturated rings. The zero-order valence-corrected chi connectivity index (χ0v) is 16.5. The number of nitrogens with zero attached hydrogens (tertiary/aromatic N) is 4. The molecule has 2 aromatic rings. The maximum absolute atomic E-state index is 12.9. The highest BCUT2D eigenvalue weighted by atomic mass is 16.2. The number of benzene rings is 1. The third-order valence-corrected chi connectivity index (χ3v) is 6.14. The molecule has 3 heterocycles. The van der Waals surface area contributed by atoms with Crippen LogP contribution in [0.25, 0.3) is 10.9 Å². The summed E-state index contributed by atoms with van der Waals surface area (Å²) in [6.45, 7) is 7.97. The maximum atomic E-state index is 12.9. The Bertz CT molecular complexity index is 813. The van der Waals surface area contributed by atoms with Crippen LogP contribution in [-0.4, -0.2) is 77.9 Å². The number of aryl methyl sites for hydroxylation is 1. The molecule has 2 aliphatic rings. The van der Waals surface area contributed by atoms with Crippen molar-refractivity contribution in [2.24, 2.45) is 0 Å². The first-order chi connectivity index (χ1) is 13.1. The summed E-state index contributed by atoms with van der Waals surface area (Å²) in [4.78, 5) is 24.4. The average Bonchev–Trinajstić information content (AvgIpc) is 2.69. The van der Waals surface area contributed by atoms with Crippen LogP contribution in [0.1, 0.15) is 35.2 Å². The lowest BCUT2D eigenvalue weighted by Gasteiger charge is -2.40. The number of hydrogen-bond donors (Lipinski definition) is 0. The summed E-state index contributed by atoms with van der Waals surface area (Å²) in [5, 5.41) is 1.03. The fourth-order valence-corrected chi connectivity index (χ4v) is 4.34. The summed E-state index contributed by atoms with van der Waals surface area (Å²) in [6, 6.07) is 8.83. The van der Waals surface area contributed by atoms with Crippen LogP contribution in [0.4, 0.5) is 0 Å². The monoisotopic (exact) mass is 366 g/mol. The molecule has 27 heavy (non-hydrogen) atoms. The molecule has 0 aliphatic carbocycles. The summed E-state index contributed by atoms with van der Waals surface area (Å²) in [7, 11) is 2.25. The van der Waals surface area contributed by atoms with Crippen molar-refractivity contribution in [2.45, 2.75) is 32.2 Å². The number of carbonyl (C=O) groups is 1. The minimum absolute atomic E-state index is 0.111.